The second-order valence-electron chi connectivity index (χ2n) is 6.42. The minimum Gasteiger partial charge on any atom is -0.468 e. The van der Waals surface area contributed by atoms with E-state index in [1.165, 1.54) is 0 Å². The van der Waals surface area contributed by atoms with Gasteiger partial charge in [-0.15, -0.1) is 0 Å². The Morgan fingerprint density at radius 2 is 2.10 bits per heavy atom. The van der Waals surface area contributed by atoms with E-state index >= 15 is 0 Å². The van der Waals surface area contributed by atoms with E-state index in [0.717, 1.165) is 7.11 Å². The van der Waals surface area contributed by atoms with Crippen molar-refractivity contribution in [2.45, 2.75) is 50.4 Å². The van der Waals surface area contributed by atoms with Crippen molar-refractivity contribution in [1.29, 1.82) is 0 Å². The molecule has 1 aliphatic heterocycles. The predicted molar refractivity (Wildman–Crippen MR) is 73.0 cm³/mol. The molecular formula is C13H22O7S. The molecule has 1 N–H and O–H groups in total. The second-order valence-corrected chi connectivity index (χ2v) is 8.48. The van der Waals surface area contributed by atoms with Gasteiger partial charge in [-0.1, -0.05) is 0 Å². The zero-order chi connectivity index (χ0) is 15.9. The van der Waals surface area contributed by atoms with E-state index in [2.05, 4.69) is 4.74 Å². The Kier molecular flexibility index (Phi) is 4.36. The van der Waals surface area contributed by atoms with Crippen molar-refractivity contribution >= 4 is 15.8 Å². The van der Waals surface area contributed by atoms with Crippen LogP contribution in [-0.2, 0) is 29.1 Å². The summed E-state index contributed by atoms with van der Waals surface area (Å²) in [5.74, 6) is -1.81. The SMILES string of the molecule is COC(=O)CS(=O)(=O)C[C@@]1(C)OOC2CC1CCC2(C)O. The van der Waals surface area contributed by atoms with Gasteiger partial charge in [0.1, 0.15) is 17.5 Å². The summed E-state index contributed by atoms with van der Waals surface area (Å²) in [6.45, 7) is 3.36. The van der Waals surface area contributed by atoms with Gasteiger partial charge in [0.25, 0.3) is 0 Å². The van der Waals surface area contributed by atoms with E-state index < -0.39 is 38.9 Å². The summed E-state index contributed by atoms with van der Waals surface area (Å²) in [6, 6.07) is 0. The van der Waals surface area contributed by atoms with Crippen molar-refractivity contribution < 1.29 is 32.8 Å². The molecule has 2 bridgehead atoms. The average molecular weight is 322 g/mol. The molecule has 1 saturated heterocycles. The van der Waals surface area contributed by atoms with Gasteiger partial charge in [-0.2, -0.15) is 0 Å². The number of aliphatic hydroxyl groups is 1. The van der Waals surface area contributed by atoms with Crippen LogP contribution in [0.1, 0.15) is 33.1 Å². The lowest BCUT2D eigenvalue weighted by Crippen LogP contribution is -2.58. The molecule has 0 aromatic heterocycles. The molecule has 21 heavy (non-hydrogen) atoms. The maximum Gasteiger partial charge on any atom is 0.320 e. The first-order valence-electron chi connectivity index (χ1n) is 6.92. The van der Waals surface area contributed by atoms with E-state index in [-0.39, 0.29) is 11.7 Å². The van der Waals surface area contributed by atoms with Crippen LogP contribution in [0.15, 0.2) is 0 Å². The third-order valence-corrected chi connectivity index (χ3v) is 6.17. The van der Waals surface area contributed by atoms with Crippen LogP contribution >= 0.6 is 0 Å². The van der Waals surface area contributed by atoms with Gasteiger partial charge < -0.3 is 9.84 Å². The first-order chi connectivity index (χ1) is 9.58. The zero-order valence-corrected chi connectivity index (χ0v) is 13.3. The van der Waals surface area contributed by atoms with Crippen LogP contribution in [0.2, 0.25) is 0 Å². The fraction of sp³-hybridized carbons (Fsp3) is 0.923. The fourth-order valence-corrected chi connectivity index (χ4v) is 4.80. The lowest BCUT2D eigenvalue weighted by atomic mass is 9.71. The Morgan fingerprint density at radius 3 is 2.71 bits per heavy atom. The molecule has 1 aliphatic carbocycles. The average Bonchev–Trinajstić information content (AvgIpc) is 2.35. The highest BCUT2D eigenvalue weighted by Crippen LogP contribution is 2.45. The summed E-state index contributed by atoms with van der Waals surface area (Å²) in [5.41, 5.74) is -1.97. The van der Waals surface area contributed by atoms with Gasteiger partial charge in [0, 0.05) is 0 Å². The Morgan fingerprint density at radius 1 is 1.43 bits per heavy atom. The summed E-state index contributed by atoms with van der Waals surface area (Å²) in [7, 11) is -2.51. The van der Waals surface area contributed by atoms with Crippen molar-refractivity contribution in [3.8, 4) is 0 Å². The van der Waals surface area contributed by atoms with E-state index in [4.69, 9.17) is 9.78 Å². The number of methoxy groups -OCH3 is 1. The molecule has 1 heterocycles. The number of hydrogen-bond donors (Lipinski definition) is 1. The highest BCUT2D eigenvalue weighted by atomic mass is 32.2. The van der Waals surface area contributed by atoms with Crippen LogP contribution in [0.4, 0.5) is 0 Å². The van der Waals surface area contributed by atoms with Gasteiger partial charge in [0.05, 0.1) is 18.5 Å². The number of ether oxygens (including phenoxy) is 1. The molecule has 122 valence electrons. The van der Waals surface area contributed by atoms with Gasteiger partial charge in [-0.25, -0.2) is 18.2 Å². The van der Waals surface area contributed by atoms with E-state index in [1.54, 1.807) is 13.8 Å². The molecule has 3 unspecified atom stereocenters. The zero-order valence-electron chi connectivity index (χ0n) is 12.5. The van der Waals surface area contributed by atoms with Crippen LogP contribution in [0.3, 0.4) is 0 Å². The summed E-state index contributed by atoms with van der Waals surface area (Å²) in [4.78, 5) is 21.7. The van der Waals surface area contributed by atoms with Crippen molar-refractivity contribution in [2.75, 3.05) is 18.6 Å². The largest absolute Gasteiger partial charge is 0.468 e. The summed E-state index contributed by atoms with van der Waals surface area (Å²) in [6.07, 6.45) is 1.26. The third kappa shape index (κ3) is 3.56. The van der Waals surface area contributed by atoms with Crippen LogP contribution in [0.25, 0.3) is 0 Å². The quantitative estimate of drug-likeness (QED) is 0.583. The van der Waals surface area contributed by atoms with Gasteiger partial charge >= 0.3 is 5.97 Å². The van der Waals surface area contributed by atoms with Crippen molar-refractivity contribution in [2.24, 2.45) is 5.92 Å². The molecule has 2 rings (SSSR count). The van der Waals surface area contributed by atoms with Crippen LogP contribution in [-0.4, -0.2) is 55.4 Å². The van der Waals surface area contributed by atoms with Crippen molar-refractivity contribution in [3.05, 3.63) is 0 Å². The molecule has 0 amide bonds. The molecule has 4 atom stereocenters. The molecular weight excluding hydrogens is 300 g/mol. The summed E-state index contributed by atoms with van der Waals surface area (Å²) >= 11 is 0. The fourth-order valence-electron chi connectivity index (χ4n) is 3.06. The number of sulfone groups is 1. The Balaban J connectivity index is 2.09. The maximum absolute atomic E-state index is 12.1. The molecule has 1 saturated carbocycles. The highest BCUT2D eigenvalue weighted by Gasteiger charge is 2.53. The van der Waals surface area contributed by atoms with E-state index in [0.29, 0.717) is 19.3 Å². The van der Waals surface area contributed by atoms with E-state index in [9.17, 15) is 18.3 Å². The number of hydrogen-bond acceptors (Lipinski definition) is 7. The summed E-state index contributed by atoms with van der Waals surface area (Å²) < 4.78 is 28.5. The molecule has 0 spiro atoms. The molecule has 0 aromatic carbocycles. The Hall–Kier alpha value is -0.700. The van der Waals surface area contributed by atoms with Crippen LogP contribution in [0, 0.1) is 5.92 Å². The monoisotopic (exact) mass is 322 g/mol. The Bertz CT molecular complexity index is 513. The molecule has 0 aromatic rings. The van der Waals surface area contributed by atoms with Crippen molar-refractivity contribution in [1.82, 2.24) is 0 Å². The Labute approximate surface area is 124 Å². The lowest BCUT2D eigenvalue weighted by molar-refractivity contribution is -0.441. The minimum absolute atomic E-state index is 0.0381. The summed E-state index contributed by atoms with van der Waals surface area (Å²) in [5, 5.41) is 10.2. The number of fused-ring (bicyclic) bond motifs is 2. The first kappa shape index (κ1) is 16.7. The van der Waals surface area contributed by atoms with E-state index in [1.807, 2.05) is 0 Å². The smallest absolute Gasteiger partial charge is 0.320 e. The number of rotatable bonds is 4. The highest BCUT2D eigenvalue weighted by molar-refractivity contribution is 7.92. The van der Waals surface area contributed by atoms with Crippen LogP contribution in [0.5, 0.6) is 0 Å². The number of esters is 1. The predicted octanol–water partition coefficient (Wildman–Crippen LogP) is 0.214. The third-order valence-electron chi connectivity index (χ3n) is 4.48. The lowest BCUT2D eigenvalue weighted by Gasteiger charge is -2.50. The topological polar surface area (TPSA) is 99.1 Å². The maximum atomic E-state index is 12.1. The molecule has 2 fully saturated rings. The van der Waals surface area contributed by atoms with Crippen LogP contribution < -0.4 is 0 Å². The molecule has 8 heteroatoms. The first-order valence-corrected chi connectivity index (χ1v) is 8.74. The number of carbonyl (C=O) groups is 1. The van der Waals surface area contributed by atoms with Gasteiger partial charge in [0.15, 0.2) is 9.84 Å². The molecule has 2 aliphatic rings. The second kappa shape index (κ2) is 5.49. The number of carbonyl (C=O) groups excluding carboxylic acids is 1. The van der Waals surface area contributed by atoms with Gasteiger partial charge in [-0.3, -0.25) is 4.79 Å². The molecule has 7 nitrogen and oxygen atoms in total. The van der Waals surface area contributed by atoms with Crippen molar-refractivity contribution in [3.63, 3.8) is 0 Å². The standard InChI is InChI=1S/C13H22O7S/c1-12(15)5-4-9-6-10(12)19-20-13(9,2)8-21(16,17)7-11(14)18-3/h9-10,15H,4-8H2,1-3H3/t9?,10?,12?,13-/m1/s1. The normalized spacial score (nSPS) is 39.8. The minimum atomic E-state index is -3.66. The van der Waals surface area contributed by atoms with Gasteiger partial charge in [0.2, 0.25) is 0 Å². The van der Waals surface area contributed by atoms with Gasteiger partial charge in [-0.05, 0) is 39.0 Å². The molecule has 0 radical (unpaired) electrons.